The van der Waals surface area contributed by atoms with Crippen LogP contribution in [0.5, 0.6) is 5.75 Å². The second-order valence-corrected chi connectivity index (χ2v) is 8.38. The fourth-order valence-corrected chi connectivity index (χ4v) is 3.79. The van der Waals surface area contributed by atoms with E-state index in [0.29, 0.717) is 5.56 Å². The van der Waals surface area contributed by atoms with E-state index in [2.05, 4.69) is 15.6 Å². The van der Waals surface area contributed by atoms with E-state index in [1.807, 2.05) is 6.07 Å². The number of hydrogen-bond acceptors (Lipinski definition) is 6. The van der Waals surface area contributed by atoms with Crippen molar-refractivity contribution in [3.8, 4) is 5.75 Å². The lowest BCUT2D eigenvalue weighted by atomic mass is 9.92. The summed E-state index contributed by atoms with van der Waals surface area (Å²) in [6, 6.07) is 14.2. The molecule has 0 bridgehead atoms. The van der Waals surface area contributed by atoms with Gasteiger partial charge in [-0.1, -0.05) is 18.2 Å². The van der Waals surface area contributed by atoms with Gasteiger partial charge in [0.1, 0.15) is 23.9 Å². The van der Waals surface area contributed by atoms with Crippen molar-refractivity contribution in [3.05, 3.63) is 71.9 Å². The Labute approximate surface area is 191 Å². The normalized spacial score (nSPS) is 21.0. The Bertz CT molecular complexity index is 1210. The first-order chi connectivity index (χ1) is 15.8. The van der Waals surface area contributed by atoms with E-state index in [0.717, 1.165) is 16.5 Å². The average Bonchev–Trinajstić information content (AvgIpc) is 3.06. The number of ketones is 1. The zero-order chi connectivity index (χ0) is 23.6. The van der Waals surface area contributed by atoms with Gasteiger partial charge in [-0.3, -0.25) is 19.4 Å². The largest absolute Gasteiger partial charge is 0.508 e. The van der Waals surface area contributed by atoms with Gasteiger partial charge in [-0.05, 0) is 55.8 Å². The van der Waals surface area contributed by atoms with Crippen LogP contribution in [0.2, 0.25) is 0 Å². The van der Waals surface area contributed by atoms with Gasteiger partial charge < -0.3 is 20.5 Å². The lowest BCUT2D eigenvalue weighted by molar-refractivity contribution is -0.130. The number of amides is 2. The maximum atomic E-state index is 13.3. The number of fused-ring (bicyclic) bond motifs is 1. The molecule has 3 aromatic rings. The Hall–Kier alpha value is -3.78. The first kappa shape index (κ1) is 22.4. The Kier molecular flexibility index (Phi) is 6.11. The molecule has 1 aromatic heterocycles. The minimum Gasteiger partial charge on any atom is -0.508 e. The Balaban J connectivity index is 1.58. The number of benzene rings is 2. The van der Waals surface area contributed by atoms with Crippen LogP contribution in [0.4, 0.5) is 0 Å². The van der Waals surface area contributed by atoms with Crippen molar-refractivity contribution in [3.63, 3.8) is 0 Å². The molecule has 0 spiro atoms. The number of rotatable bonds is 6. The molecule has 2 heterocycles. The van der Waals surface area contributed by atoms with Crippen LogP contribution >= 0.6 is 0 Å². The molecule has 4 rings (SSSR count). The molecule has 3 atom stereocenters. The summed E-state index contributed by atoms with van der Waals surface area (Å²) in [6.45, 7) is 3.28. The molecule has 170 valence electrons. The van der Waals surface area contributed by atoms with E-state index in [1.165, 1.54) is 12.1 Å². The minimum absolute atomic E-state index is 0.0714. The molecule has 8 nitrogen and oxygen atoms in total. The van der Waals surface area contributed by atoms with Gasteiger partial charge in [0.05, 0.1) is 11.6 Å². The van der Waals surface area contributed by atoms with Gasteiger partial charge in [-0.25, -0.2) is 0 Å². The molecular formula is C25H25N3O5. The van der Waals surface area contributed by atoms with Crippen LogP contribution in [0.25, 0.3) is 10.9 Å². The quantitative estimate of drug-likeness (QED) is 0.533. The van der Waals surface area contributed by atoms with Crippen LogP contribution < -0.4 is 10.6 Å². The summed E-state index contributed by atoms with van der Waals surface area (Å²) in [7, 11) is 0. The molecule has 3 N–H and O–H groups in total. The number of Topliss-reactive ketones (excluding diaryl/α,β-unsaturated/α-hetero) is 1. The molecule has 2 aromatic carbocycles. The SMILES string of the molecule is CC1OCC(=O)C1(C)NC(=O)C(Cc1ccc(O)cc1)NC(=O)c1ccc2ncccc2c1. The second-order valence-electron chi connectivity index (χ2n) is 8.38. The number of carbonyl (C=O) groups excluding carboxylic acids is 3. The highest BCUT2D eigenvalue weighted by molar-refractivity contribution is 6.01. The Morgan fingerprint density at radius 3 is 2.67 bits per heavy atom. The maximum absolute atomic E-state index is 13.3. The summed E-state index contributed by atoms with van der Waals surface area (Å²) in [5.74, 6) is -1.04. The van der Waals surface area contributed by atoms with Crippen LogP contribution in [0.3, 0.4) is 0 Å². The summed E-state index contributed by atoms with van der Waals surface area (Å²) in [6.07, 6.45) is 1.36. The lowest BCUT2D eigenvalue weighted by Gasteiger charge is -2.30. The van der Waals surface area contributed by atoms with E-state index in [4.69, 9.17) is 4.74 Å². The van der Waals surface area contributed by atoms with Gasteiger partial charge in [-0.15, -0.1) is 0 Å². The molecular weight excluding hydrogens is 422 g/mol. The molecule has 8 heteroatoms. The minimum atomic E-state index is -1.18. The lowest BCUT2D eigenvalue weighted by Crippen LogP contribution is -2.60. The topological polar surface area (TPSA) is 118 Å². The Morgan fingerprint density at radius 1 is 1.21 bits per heavy atom. The van der Waals surface area contributed by atoms with Crippen LogP contribution in [0, 0.1) is 0 Å². The van der Waals surface area contributed by atoms with Gasteiger partial charge in [-0.2, -0.15) is 0 Å². The van der Waals surface area contributed by atoms with Crippen LogP contribution in [-0.4, -0.2) is 52.0 Å². The standard InChI is InChI=1S/C25H25N3O5/c1-15-25(2,22(30)14-33-15)28-24(32)21(12-16-5-8-19(29)9-6-16)27-23(31)18-7-10-20-17(13-18)4-3-11-26-20/h3-11,13,15,21,29H,12,14H2,1-2H3,(H,27,31)(H,28,32). The van der Waals surface area contributed by atoms with Gasteiger partial charge in [0, 0.05) is 23.6 Å². The highest BCUT2D eigenvalue weighted by Crippen LogP contribution is 2.23. The van der Waals surface area contributed by atoms with E-state index in [1.54, 1.807) is 56.4 Å². The first-order valence-electron chi connectivity index (χ1n) is 10.7. The zero-order valence-corrected chi connectivity index (χ0v) is 18.4. The molecule has 0 saturated carbocycles. The van der Waals surface area contributed by atoms with E-state index < -0.39 is 29.5 Å². The second kappa shape index (κ2) is 8.99. The fraction of sp³-hybridized carbons (Fsp3) is 0.280. The predicted octanol–water partition coefficient (Wildman–Crippen LogP) is 2.14. The number of aromatic hydroxyl groups is 1. The monoisotopic (exact) mass is 447 g/mol. The van der Waals surface area contributed by atoms with Crippen molar-refractivity contribution >= 4 is 28.5 Å². The number of hydrogen-bond donors (Lipinski definition) is 3. The van der Waals surface area contributed by atoms with Crippen molar-refractivity contribution in [2.45, 2.75) is 38.0 Å². The highest BCUT2D eigenvalue weighted by atomic mass is 16.5. The van der Waals surface area contributed by atoms with Crippen LogP contribution in [0.15, 0.2) is 60.8 Å². The summed E-state index contributed by atoms with van der Waals surface area (Å²) < 4.78 is 5.40. The van der Waals surface area contributed by atoms with Crippen molar-refractivity contribution < 1.29 is 24.2 Å². The summed E-state index contributed by atoms with van der Waals surface area (Å²) >= 11 is 0. The molecule has 1 aliphatic rings. The number of aromatic nitrogens is 1. The maximum Gasteiger partial charge on any atom is 0.251 e. The van der Waals surface area contributed by atoms with Crippen molar-refractivity contribution in [1.82, 2.24) is 15.6 Å². The fourth-order valence-electron chi connectivity index (χ4n) is 3.79. The molecule has 0 radical (unpaired) electrons. The third-order valence-corrected chi connectivity index (χ3v) is 6.10. The van der Waals surface area contributed by atoms with E-state index in [9.17, 15) is 19.5 Å². The zero-order valence-electron chi connectivity index (χ0n) is 18.4. The van der Waals surface area contributed by atoms with Gasteiger partial charge in [0.15, 0.2) is 5.78 Å². The van der Waals surface area contributed by atoms with Crippen molar-refractivity contribution in [1.29, 1.82) is 0 Å². The smallest absolute Gasteiger partial charge is 0.251 e. The van der Waals surface area contributed by atoms with Gasteiger partial charge in [0.2, 0.25) is 5.91 Å². The molecule has 33 heavy (non-hydrogen) atoms. The van der Waals surface area contributed by atoms with Crippen molar-refractivity contribution in [2.24, 2.45) is 0 Å². The van der Waals surface area contributed by atoms with E-state index >= 15 is 0 Å². The van der Waals surface area contributed by atoms with E-state index in [-0.39, 0.29) is 24.6 Å². The predicted molar refractivity (Wildman–Crippen MR) is 122 cm³/mol. The van der Waals surface area contributed by atoms with Gasteiger partial charge >= 0.3 is 0 Å². The third kappa shape index (κ3) is 4.70. The molecule has 3 unspecified atom stereocenters. The summed E-state index contributed by atoms with van der Waals surface area (Å²) in [5.41, 5.74) is 0.708. The summed E-state index contributed by atoms with van der Waals surface area (Å²) in [4.78, 5) is 42.9. The summed E-state index contributed by atoms with van der Waals surface area (Å²) in [5, 5.41) is 15.9. The number of carbonyl (C=O) groups is 3. The van der Waals surface area contributed by atoms with Crippen molar-refractivity contribution in [2.75, 3.05) is 6.61 Å². The number of pyridine rings is 1. The molecule has 1 saturated heterocycles. The Morgan fingerprint density at radius 2 is 1.97 bits per heavy atom. The molecule has 0 aliphatic carbocycles. The van der Waals surface area contributed by atoms with Gasteiger partial charge in [0.25, 0.3) is 5.91 Å². The van der Waals surface area contributed by atoms with Crippen LogP contribution in [0.1, 0.15) is 29.8 Å². The number of ether oxygens (including phenoxy) is 1. The number of nitrogens with one attached hydrogen (secondary N) is 2. The molecule has 2 amide bonds. The highest BCUT2D eigenvalue weighted by Gasteiger charge is 2.47. The number of phenols is 1. The average molecular weight is 447 g/mol. The number of nitrogens with zero attached hydrogens (tertiary/aromatic N) is 1. The molecule has 1 fully saturated rings. The third-order valence-electron chi connectivity index (χ3n) is 6.10. The van der Waals surface area contributed by atoms with Crippen LogP contribution in [-0.2, 0) is 20.7 Å². The number of phenolic OH excluding ortho intramolecular Hbond substituents is 1. The first-order valence-corrected chi connectivity index (χ1v) is 10.7. The molecule has 1 aliphatic heterocycles.